The third kappa shape index (κ3) is 2.68. The number of furan rings is 1. The molecule has 0 saturated carbocycles. The van der Waals surface area contributed by atoms with Gasteiger partial charge in [-0.3, -0.25) is 0 Å². The van der Waals surface area contributed by atoms with Crippen molar-refractivity contribution in [3.05, 3.63) is 53.6 Å². The van der Waals surface area contributed by atoms with Crippen LogP contribution in [0.3, 0.4) is 0 Å². The Morgan fingerprint density at radius 1 is 1.32 bits per heavy atom. The van der Waals surface area contributed by atoms with Gasteiger partial charge in [-0.15, -0.1) is 0 Å². The van der Waals surface area contributed by atoms with Gasteiger partial charge in [0.1, 0.15) is 23.9 Å². The summed E-state index contributed by atoms with van der Waals surface area (Å²) >= 11 is 0. The highest BCUT2D eigenvalue weighted by molar-refractivity contribution is 5.47. The Hall–Kier alpha value is -2.75. The highest BCUT2D eigenvalue weighted by atomic mass is 19.4. The maximum Gasteiger partial charge on any atom is 0.429 e. The molecular formula is C15H16F3N5O2. The van der Waals surface area contributed by atoms with Crippen molar-refractivity contribution in [1.29, 1.82) is 0 Å². The number of hydrogen-bond donors (Lipinski definition) is 2. The Kier molecular flexibility index (Phi) is 3.87. The molecule has 0 fully saturated rings. The van der Waals surface area contributed by atoms with Crippen molar-refractivity contribution in [2.24, 2.45) is 7.05 Å². The van der Waals surface area contributed by atoms with E-state index in [1.807, 2.05) is 0 Å². The Morgan fingerprint density at radius 3 is 2.56 bits per heavy atom. The van der Waals surface area contributed by atoms with E-state index in [-0.39, 0.29) is 12.4 Å². The fourth-order valence-corrected chi connectivity index (χ4v) is 2.63. The Bertz CT molecular complexity index is 895. The summed E-state index contributed by atoms with van der Waals surface area (Å²) < 4.78 is 48.8. The van der Waals surface area contributed by atoms with Crippen molar-refractivity contribution in [2.45, 2.75) is 25.2 Å². The average molecular weight is 355 g/mol. The van der Waals surface area contributed by atoms with Crippen molar-refractivity contribution < 1.29 is 22.7 Å². The van der Waals surface area contributed by atoms with Crippen molar-refractivity contribution in [3.63, 3.8) is 0 Å². The van der Waals surface area contributed by atoms with Gasteiger partial charge in [-0.25, -0.2) is 9.67 Å². The Labute approximate surface area is 140 Å². The van der Waals surface area contributed by atoms with E-state index in [9.17, 15) is 18.3 Å². The number of aliphatic hydroxyl groups is 1. The second kappa shape index (κ2) is 5.66. The van der Waals surface area contributed by atoms with Crippen molar-refractivity contribution >= 4 is 5.82 Å². The van der Waals surface area contributed by atoms with Crippen molar-refractivity contribution in [1.82, 2.24) is 19.3 Å². The maximum absolute atomic E-state index is 13.7. The lowest BCUT2D eigenvalue weighted by atomic mass is 9.94. The molecule has 0 radical (unpaired) electrons. The zero-order valence-electron chi connectivity index (χ0n) is 13.4. The predicted octanol–water partition coefficient (Wildman–Crippen LogP) is 1.95. The van der Waals surface area contributed by atoms with Gasteiger partial charge >= 0.3 is 6.18 Å². The average Bonchev–Trinajstić information content (AvgIpc) is 3.21. The van der Waals surface area contributed by atoms with E-state index in [2.05, 4.69) is 10.1 Å². The smallest absolute Gasteiger partial charge is 0.429 e. The number of nitrogens with zero attached hydrogens (tertiary/aromatic N) is 4. The Balaban J connectivity index is 2.08. The summed E-state index contributed by atoms with van der Waals surface area (Å²) in [4.78, 5) is 3.65. The molecule has 3 heterocycles. The van der Waals surface area contributed by atoms with Crippen LogP contribution in [0, 0.1) is 6.92 Å². The van der Waals surface area contributed by atoms with Gasteiger partial charge in [0.15, 0.2) is 5.82 Å². The number of imidazole rings is 1. The molecule has 0 aliphatic heterocycles. The SMILES string of the molecule is Cc1ccc(Cn2ncc([C@@](O)(c3nccn3C)C(F)(F)F)c2N)o1. The van der Waals surface area contributed by atoms with Crippen molar-refractivity contribution in [3.8, 4) is 0 Å². The number of nitrogens with two attached hydrogens (primary N) is 1. The lowest BCUT2D eigenvalue weighted by Gasteiger charge is -2.29. The number of nitrogen functional groups attached to an aromatic ring is 1. The number of anilines is 1. The van der Waals surface area contributed by atoms with Crippen LogP contribution < -0.4 is 5.73 Å². The fraction of sp³-hybridized carbons (Fsp3) is 0.333. The first kappa shape index (κ1) is 17.1. The molecule has 3 aromatic rings. The molecule has 10 heteroatoms. The molecule has 0 aliphatic rings. The van der Waals surface area contributed by atoms with Crippen LogP contribution in [-0.4, -0.2) is 30.6 Å². The summed E-state index contributed by atoms with van der Waals surface area (Å²) in [5.41, 5.74) is 1.89. The van der Waals surface area contributed by atoms with Gasteiger partial charge in [0.25, 0.3) is 0 Å². The molecule has 0 bridgehead atoms. The zero-order chi connectivity index (χ0) is 18.4. The van der Waals surface area contributed by atoms with E-state index < -0.39 is 23.2 Å². The third-order valence-electron chi connectivity index (χ3n) is 3.93. The molecule has 0 aromatic carbocycles. The minimum Gasteiger partial charge on any atom is -0.464 e. The standard InChI is InChI=1S/C15H16F3N5O2/c1-9-3-4-10(25-9)8-23-12(19)11(7-21-23)14(24,15(16,17)18)13-20-5-6-22(13)2/h3-7,24H,8,19H2,1-2H3/t14-/m1/s1. The van der Waals surface area contributed by atoms with E-state index in [1.165, 1.54) is 13.2 Å². The molecule has 134 valence electrons. The second-order valence-corrected chi connectivity index (χ2v) is 5.68. The van der Waals surface area contributed by atoms with E-state index in [0.29, 0.717) is 11.5 Å². The summed E-state index contributed by atoms with van der Waals surface area (Å²) in [6, 6.07) is 3.39. The highest BCUT2D eigenvalue weighted by Gasteiger charge is 2.60. The first-order valence-corrected chi connectivity index (χ1v) is 7.28. The van der Waals surface area contributed by atoms with Crippen LogP contribution in [-0.2, 0) is 19.2 Å². The molecule has 0 aliphatic carbocycles. The summed E-state index contributed by atoms with van der Waals surface area (Å²) in [7, 11) is 1.35. The molecule has 0 amide bonds. The molecule has 0 spiro atoms. The minimum absolute atomic E-state index is 0.0359. The monoisotopic (exact) mass is 355 g/mol. The highest BCUT2D eigenvalue weighted by Crippen LogP contribution is 2.45. The van der Waals surface area contributed by atoms with E-state index in [1.54, 1.807) is 19.1 Å². The van der Waals surface area contributed by atoms with Crippen LogP contribution in [0.2, 0.25) is 0 Å². The number of halogens is 3. The number of rotatable bonds is 4. The van der Waals surface area contributed by atoms with E-state index in [4.69, 9.17) is 10.2 Å². The number of aryl methyl sites for hydroxylation is 2. The molecule has 3 aromatic heterocycles. The quantitative estimate of drug-likeness (QED) is 0.746. The summed E-state index contributed by atoms with van der Waals surface area (Å²) in [6.07, 6.45) is -1.68. The number of aromatic nitrogens is 4. The zero-order valence-corrected chi connectivity index (χ0v) is 13.4. The van der Waals surface area contributed by atoms with Crippen LogP contribution in [0.15, 0.2) is 35.1 Å². The van der Waals surface area contributed by atoms with Crippen LogP contribution in [0.1, 0.15) is 22.9 Å². The van der Waals surface area contributed by atoms with Gasteiger partial charge in [-0.2, -0.15) is 18.3 Å². The lowest BCUT2D eigenvalue weighted by molar-refractivity contribution is -0.251. The number of hydrogen-bond acceptors (Lipinski definition) is 5. The third-order valence-corrected chi connectivity index (χ3v) is 3.93. The first-order valence-electron chi connectivity index (χ1n) is 7.28. The van der Waals surface area contributed by atoms with Gasteiger partial charge in [-0.1, -0.05) is 0 Å². The van der Waals surface area contributed by atoms with Crippen molar-refractivity contribution in [2.75, 3.05) is 5.73 Å². The van der Waals surface area contributed by atoms with Gasteiger partial charge in [-0.05, 0) is 19.1 Å². The summed E-state index contributed by atoms with van der Waals surface area (Å²) in [5.74, 6) is 0.212. The topological polar surface area (TPSA) is 95.0 Å². The van der Waals surface area contributed by atoms with Crippen LogP contribution >= 0.6 is 0 Å². The second-order valence-electron chi connectivity index (χ2n) is 5.68. The van der Waals surface area contributed by atoms with Crippen LogP contribution in [0.4, 0.5) is 19.0 Å². The minimum atomic E-state index is -5.05. The predicted molar refractivity (Wildman–Crippen MR) is 81.4 cm³/mol. The summed E-state index contributed by atoms with van der Waals surface area (Å²) in [6.45, 7) is 1.78. The van der Waals surface area contributed by atoms with Gasteiger partial charge < -0.3 is 19.8 Å². The van der Waals surface area contributed by atoms with Crippen LogP contribution in [0.25, 0.3) is 0 Å². The molecular weight excluding hydrogens is 339 g/mol. The first-order chi connectivity index (χ1) is 11.6. The molecule has 1 atom stereocenters. The molecule has 25 heavy (non-hydrogen) atoms. The number of alkyl halides is 3. The maximum atomic E-state index is 13.7. The summed E-state index contributed by atoms with van der Waals surface area (Å²) in [5, 5.41) is 14.4. The lowest BCUT2D eigenvalue weighted by Crippen LogP contribution is -2.45. The van der Waals surface area contributed by atoms with Gasteiger partial charge in [0.05, 0.1) is 11.8 Å². The molecule has 3 N–H and O–H groups in total. The molecule has 3 rings (SSSR count). The van der Waals surface area contributed by atoms with E-state index >= 15 is 0 Å². The molecule has 0 saturated heterocycles. The van der Waals surface area contributed by atoms with Gasteiger partial charge in [0, 0.05) is 19.4 Å². The largest absolute Gasteiger partial charge is 0.464 e. The normalized spacial score (nSPS) is 14.6. The molecule has 0 unspecified atom stereocenters. The molecule has 7 nitrogen and oxygen atoms in total. The van der Waals surface area contributed by atoms with Crippen LogP contribution in [0.5, 0.6) is 0 Å². The Morgan fingerprint density at radius 2 is 2.04 bits per heavy atom. The fourth-order valence-electron chi connectivity index (χ4n) is 2.63. The van der Waals surface area contributed by atoms with E-state index in [0.717, 1.165) is 21.6 Å². The van der Waals surface area contributed by atoms with Gasteiger partial charge in [0.2, 0.25) is 5.60 Å².